The highest BCUT2D eigenvalue weighted by molar-refractivity contribution is 7.88. The molecule has 0 saturated carbocycles. The largest absolute Gasteiger partial charge is 0.325 e. The van der Waals surface area contributed by atoms with Gasteiger partial charge in [-0.25, -0.2) is 12.8 Å². The minimum atomic E-state index is -3.61. The number of nitrogens with one attached hydrogen (secondary N) is 1. The van der Waals surface area contributed by atoms with Crippen molar-refractivity contribution < 1.29 is 17.6 Å². The van der Waals surface area contributed by atoms with Crippen LogP contribution in [-0.2, 0) is 21.4 Å². The Morgan fingerprint density at radius 1 is 1.20 bits per heavy atom. The standard InChI is InChI=1S/C17H18ClFN2O3S/c1-12-3-8-15(19)9-16(12)20-17(22)11-21(25(2,23)24)10-13-4-6-14(18)7-5-13/h3-9H,10-11H2,1-2H3,(H,20,22). The molecule has 2 aromatic carbocycles. The lowest BCUT2D eigenvalue weighted by molar-refractivity contribution is -0.116. The summed E-state index contributed by atoms with van der Waals surface area (Å²) < 4.78 is 38.3. The number of anilines is 1. The summed E-state index contributed by atoms with van der Waals surface area (Å²) in [5.41, 5.74) is 1.69. The summed E-state index contributed by atoms with van der Waals surface area (Å²) in [5.74, 6) is -1.03. The Balaban J connectivity index is 2.12. The van der Waals surface area contributed by atoms with Gasteiger partial charge in [0.1, 0.15) is 5.82 Å². The van der Waals surface area contributed by atoms with Crippen molar-refractivity contribution in [3.8, 4) is 0 Å². The molecular weight excluding hydrogens is 367 g/mol. The lowest BCUT2D eigenvalue weighted by Gasteiger charge is -2.20. The maximum absolute atomic E-state index is 13.3. The maximum atomic E-state index is 13.3. The Hall–Kier alpha value is -1.96. The number of aryl methyl sites for hydroxylation is 1. The van der Waals surface area contributed by atoms with E-state index in [1.165, 1.54) is 18.2 Å². The first-order valence-electron chi connectivity index (χ1n) is 7.41. The summed E-state index contributed by atoms with van der Waals surface area (Å²) in [6.45, 7) is 1.38. The second-order valence-electron chi connectivity index (χ2n) is 5.66. The molecule has 0 aromatic heterocycles. The highest BCUT2D eigenvalue weighted by Crippen LogP contribution is 2.17. The molecule has 0 aliphatic carbocycles. The Labute approximate surface area is 151 Å². The number of rotatable bonds is 6. The van der Waals surface area contributed by atoms with Gasteiger partial charge in [0.05, 0.1) is 12.8 Å². The van der Waals surface area contributed by atoms with Gasteiger partial charge in [0.15, 0.2) is 0 Å². The van der Waals surface area contributed by atoms with Crippen LogP contribution in [0.3, 0.4) is 0 Å². The average Bonchev–Trinajstić information content (AvgIpc) is 2.51. The number of carbonyl (C=O) groups excluding carboxylic acids is 1. The maximum Gasteiger partial charge on any atom is 0.239 e. The van der Waals surface area contributed by atoms with Crippen molar-refractivity contribution in [1.29, 1.82) is 0 Å². The first-order valence-corrected chi connectivity index (χ1v) is 9.63. The molecule has 0 bridgehead atoms. The van der Waals surface area contributed by atoms with Crippen LogP contribution in [0, 0.1) is 12.7 Å². The Morgan fingerprint density at radius 2 is 1.84 bits per heavy atom. The van der Waals surface area contributed by atoms with E-state index in [0.29, 0.717) is 21.8 Å². The average molecular weight is 385 g/mol. The predicted molar refractivity (Wildman–Crippen MR) is 96.5 cm³/mol. The fourth-order valence-corrected chi connectivity index (χ4v) is 3.02. The third kappa shape index (κ3) is 5.81. The highest BCUT2D eigenvalue weighted by atomic mass is 35.5. The fraction of sp³-hybridized carbons (Fsp3) is 0.235. The summed E-state index contributed by atoms with van der Waals surface area (Å²) in [4.78, 5) is 12.2. The van der Waals surface area contributed by atoms with Gasteiger partial charge >= 0.3 is 0 Å². The quantitative estimate of drug-likeness (QED) is 0.831. The third-order valence-electron chi connectivity index (χ3n) is 3.53. The Morgan fingerprint density at radius 3 is 2.44 bits per heavy atom. The lowest BCUT2D eigenvalue weighted by Crippen LogP contribution is -2.37. The van der Waals surface area contributed by atoms with Crippen LogP contribution in [0.5, 0.6) is 0 Å². The molecule has 0 fully saturated rings. The molecule has 1 N–H and O–H groups in total. The van der Waals surface area contributed by atoms with Crippen molar-refractivity contribution in [1.82, 2.24) is 4.31 Å². The molecule has 1 amide bonds. The molecule has 2 rings (SSSR count). The van der Waals surface area contributed by atoms with E-state index in [1.807, 2.05) is 0 Å². The second kappa shape index (κ2) is 7.95. The minimum absolute atomic E-state index is 0.0333. The van der Waals surface area contributed by atoms with E-state index in [-0.39, 0.29) is 13.1 Å². The molecular formula is C17H18ClFN2O3S. The van der Waals surface area contributed by atoms with Gasteiger partial charge in [-0.05, 0) is 42.3 Å². The Kier molecular flexibility index (Phi) is 6.16. The zero-order valence-corrected chi connectivity index (χ0v) is 15.4. The molecule has 0 radical (unpaired) electrons. The molecule has 5 nitrogen and oxygen atoms in total. The zero-order valence-electron chi connectivity index (χ0n) is 13.8. The van der Waals surface area contributed by atoms with Crippen LogP contribution in [-0.4, -0.2) is 31.4 Å². The first kappa shape index (κ1) is 19.4. The summed E-state index contributed by atoms with van der Waals surface area (Å²) in [7, 11) is -3.61. The minimum Gasteiger partial charge on any atom is -0.325 e. The van der Waals surface area contributed by atoms with Gasteiger partial charge in [-0.3, -0.25) is 4.79 Å². The van der Waals surface area contributed by atoms with Crippen molar-refractivity contribution in [2.45, 2.75) is 13.5 Å². The van der Waals surface area contributed by atoms with Crippen LogP contribution >= 0.6 is 11.6 Å². The van der Waals surface area contributed by atoms with E-state index in [1.54, 1.807) is 31.2 Å². The third-order valence-corrected chi connectivity index (χ3v) is 4.98. The van der Waals surface area contributed by atoms with Gasteiger partial charge in [0.2, 0.25) is 15.9 Å². The molecule has 0 spiro atoms. The fourth-order valence-electron chi connectivity index (χ4n) is 2.16. The Bertz CT molecular complexity index is 870. The summed E-state index contributed by atoms with van der Waals surface area (Å²) in [5, 5.41) is 3.08. The molecule has 2 aromatic rings. The van der Waals surface area contributed by atoms with Gasteiger partial charge in [-0.2, -0.15) is 4.31 Å². The van der Waals surface area contributed by atoms with Gasteiger partial charge in [-0.1, -0.05) is 29.8 Å². The van der Waals surface area contributed by atoms with E-state index in [4.69, 9.17) is 11.6 Å². The van der Waals surface area contributed by atoms with E-state index in [9.17, 15) is 17.6 Å². The topological polar surface area (TPSA) is 66.5 Å². The molecule has 0 unspecified atom stereocenters. The van der Waals surface area contributed by atoms with Gasteiger partial charge < -0.3 is 5.32 Å². The molecule has 0 heterocycles. The van der Waals surface area contributed by atoms with Crippen molar-refractivity contribution in [3.05, 3.63) is 64.4 Å². The number of hydrogen-bond acceptors (Lipinski definition) is 3. The van der Waals surface area contributed by atoms with Crippen LogP contribution in [0.2, 0.25) is 5.02 Å². The van der Waals surface area contributed by atoms with Crippen molar-refractivity contribution in [2.75, 3.05) is 18.1 Å². The number of amides is 1. The molecule has 0 atom stereocenters. The normalized spacial score (nSPS) is 11.6. The van der Waals surface area contributed by atoms with Crippen molar-refractivity contribution in [3.63, 3.8) is 0 Å². The number of hydrogen-bond donors (Lipinski definition) is 1. The predicted octanol–water partition coefficient (Wildman–Crippen LogP) is 3.19. The van der Waals surface area contributed by atoms with E-state index in [0.717, 1.165) is 10.6 Å². The molecule has 8 heteroatoms. The number of benzene rings is 2. The number of carbonyl (C=O) groups is 1. The van der Waals surface area contributed by atoms with Gasteiger partial charge in [-0.15, -0.1) is 0 Å². The molecule has 0 aliphatic rings. The highest BCUT2D eigenvalue weighted by Gasteiger charge is 2.21. The van der Waals surface area contributed by atoms with Crippen LogP contribution in [0.25, 0.3) is 0 Å². The molecule has 0 aliphatic heterocycles. The summed E-state index contributed by atoms with van der Waals surface area (Å²) >= 11 is 5.81. The summed E-state index contributed by atoms with van der Waals surface area (Å²) in [6, 6.07) is 10.7. The van der Waals surface area contributed by atoms with Crippen molar-refractivity contribution >= 4 is 33.2 Å². The number of sulfonamides is 1. The van der Waals surface area contributed by atoms with E-state index >= 15 is 0 Å². The SMILES string of the molecule is Cc1ccc(F)cc1NC(=O)CN(Cc1ccc(Cl)cc1)S(C)(=O)=O. The van der Waals surface area contributed by atoms with Crippen LogP contribution in [0.4, 0.5) is 10.1 Å². The smallest absolute Gasteiger partial charge is 0.239 e. The van der Waals surface area contributed by atoms with Gasteiger partial charge in [0, 0.05) is 17.3 Å². The van der Waals surface area contributed by atoms with Gasteiger partial charge in [0.25, 0.3) is 0 Å². The first-order chi connectivity index (χ1) is 11.6. The second-order valence-corrected chi connectivity index (χ2v) is 8.08. The van der Waals surface area contributed by atoms with Crippen LogP contribution in [0.1, 0.15) is 11.1 Å². The zero-order chi connectivity index (χ0) is 18.6. The van der Waals surface area contributed by atoms with Crippen molar-refractivity contribution in [2.24, 2.45) is 0 Å². The monoisotopic (exact) mass is 384 g/mol. The summed E-state index contributed by atoms with van der Waals surface area (Å²) in [6.07, 6.45) is 1.03. The lowest BCUT2D eigenvalue weighted by atomic mass is 10.2. The molecule has 134 valence electrons. The number of halogens is 2. The molecule has 0 saturated heterocycles. The van der Waals surface area contributed by atoms with Crippen LogP contribution in [0.15, 0.2) is 42.5 Å². The van der Waals surface area contributed by atoms with Crippen LogP contribution < -0.4 is 5.32 Å². The number of nitrogens with zero attached hydrogens (tertiary/aromatic N) is 1. The molecule has 25 heavy (non-hydrogen) atoms. The van der Waals surface area contributed by atoms with E-state index in [2.05, 4.69) is 5.32 Å². The van der Waals surface area contributed by atoms with E-state index < -0.39 is 21.7 Å².